The van der Waals surface area contributed by atoms with Crippen LogP contribution in [0.2, 0.25) is 0 Å². The Morgan fingerprint density at radius 3 is 2.57 bits per heavy atom. The van der Waals surface area contributed by atoms with Gasteiger partial charge in [-0.2, -0.15) is 4.31 Å². The summed E-state index contributed by atoms with van der Waals surface area (Å²) in [6, 6.07) is 6.92. The van der Waals surface area contributed by atoms with Gasteiger partial charge in [0.15, 0.2) is 0 Å². The molecule has 110 valence electrons. The summed E-state index contributed by atoms with van der Waals surface area (Å²) in [5, 5.41) is 0.634. The molecular weight excluding hydrogens is 288 g/mol. The van der Waals surface area contributed by atoms with Crippen LogP contribution in [0.1, 0.15) is 18.4 Å². The third kappa shape index (κ3) is 2.45. The standard InChI is InChI=1S/C15H16N2O3S/c1-11-4-5-14(13-3-2-8-16-15(11)13)21(19,20)17-9-6-12(18)7-10-17/h2-5,8H,6-7,9-10H2,1H3. The molecule has 21 heavy (non-hydrogen) atoms. The monoisotopic (exact) mass is 304 g/mol. The smallest absolute Gasteiger partial charge is 0.243 e. The van der Waals surface area contributed by atoms with E-state index < -0.39 is 10.0 Å². The maximum Gasteiger partial charge on any atom is 0.243 e. The lowest BCUT2D eigenvalue weighted by atomic mass is 10.1. The molecular formula is C15H16N2O3S. The number of Topliss-reactive ketones (excluding diaryl/α,β-unsaturated/α-hetero) is 1. The largest absolute Gasteiger partial charge is 0.300 e. The number of fused-ring (bicyclic) bond motifs is 1. The second-order valence-corrected chi connectivity index (χ2v) is 7.13. The molecule has 0 unspecified atom stereocenters. The molecule has 0 saturated carbocycles. The Morgan fingerprint density at radius 1 is 1.14 bits per heavy atom. The average Bonchev–Trinajstić information content (AvgIpc) is 2.48. The Hall–Kier alpha value is -1.79. The van der Waals surface area contributed by atoms with Crippen molar-refractivity contribution in [1.29, 1.82) is 0 Å². The fourth-order valence-corrected chi connectivity index (χ4v) is 4.25. The van der Waals surface area contributed by atoms with Gasteiger partial charge in [0, 0.05) is 37.5 Å². The van der Waals surface area contributed by atoms with E-state index >= 15 is 0 Å². The fourth-order valence-electron chi connectivity index (χ4n) is 2.63. The number of aromatic nitrogens is 1. The van der Waals surface area contributed by atoms with E-state index in [9.17, 15) is 13.2 Å². The first-order valence-electron chi connectivity index (χ1n) is 6.86. The molecule has 1 aliphatic rings. The van der Waals surface area contributed by atoms with E-state index in [0.29, 0.717) is 23.7 Å². The maximum absolute atomic E-state index is 12.8. The number of rotatable bonds is 2. The van der Waals surface area contributed by atoms with Crippen molar-refractivity contribution in [2.24, 2.45) is 0 Å². The molecule has 0 atom stereocenters. The first kappa shape index (κ1) is 14.2. The van der Waals surface area contributed by atoms with E-state index in [1.165, 1.54) is 4.31 Å². The molecule has 2 aromatic rings. The molecule has 6 heteroatoms. The zero-order valence-corrected chi connectivity index (χ0v) is 12.6. The van der Waals surface area contributed by atoms with Gasteiger partial charge < -0.3 is 0 Å². The van der Waals surface area contributed by atoms with Gasteiger partial charge in [-0.25, -0.2) is 8.42 Å². The van der Waals surface area contributed by atoms with Crippen molar-refractivity contribution in [3.63, 3.8) is 0 Å². The zero-order chi connectivity index (χ0) is 15.0. The number of hydrogen-bond donors (Lipinski definition) is 0. The second-order valence-electron chi connectivity index (χ2n) is 5.22. The summed E-state index contributed by atoms with van der Waals surface area (Å²) in [4.78, 5) is 15.8. The summed E-state index contributed by atoms with van der Waals surface area (Å²) in [7, 11) is -3.59. The van der Waals surface area contributed by atoms with Crippen LogP contribution in [-0.4, -0.2) is 36.6 Å². The number of aryl methyl sites for hydroxylation is 1. The quantitative estimate of drug-likeness (QED) is 0.850. The summed E-state index contributed by atoms with van der Waals surface area (Å²) < 4.78 is 27.0. The predicted molar refractivity (Wildman–Crippen MR) is 79.5 cm³/mol. The highest BCUT2D eigenvalue weighted by Crippen LogP contribution is 2.27. The number of piperidine rings is 1. The zero-order valence-electron chi connectivity index (χ0n) is 11.7. The highest BCUT2D eigenvalue weighted by molar-refractivity contribution is 7.89. The van der Waals surface area contributed by atoms with Crippen molar-refractivity contribution >= 4 is 26.7 Å². The summed E-state index contributed by atoms with van der Waals surface area (Å²) in [6.45, 7) is 2.43. The van der Waals surface area contributed by atoms with E-state index in [1.807, 2.05) is 6.92 Å². The van der Waals surface area contributed by atoms with E-state index in [2.05, 4.69) is 4.98 Å². The topological polar surface area (TPSA) is 67.3 Å². The van der Waals surface area contributed by atoms with Crippen LogP contribution in [0, 0.1) is 6.92 Å². The van der Waals surface area contributed by atoms with Crippen LogP contribution in [0.25, 0.3) is 10.9 Å². The van der Waals surface area contributed by atoms with Crippen molar-refractivity contribution in [1.82, 2.24) is 9.29 Å². The van der Waals surface area contributed by atoms with Gasteiger partial charge in [0.05, 0.1) is 10.4 Å². The summed E-state index contributed by atoms with van der Waals surface area (Å²) in [6.07, 6.45) is 2.24. The molecule has 3 rings (SSSR count). The van der Waals surface area contributed by atoms with E-state index in [-0.39, 0.29) is 23.8 Å². The van der Waals surface area contributed by atoms with Crippen LogP contribution >= 0.6 is 0 Å². The van der Waals surface area contributed by atoms with Gasteiger partial charge in [-0.05, 0) is 30.7 Å². The van der Waals surface area contributed by atoms with E-state index in [4.69, 9.17) is 0 Å². The molecule has 0 radical (unpaired) electrons. The third-order valence-corrected chi connectivity index (χ3v) is 5.79. The van der Waals surface area contributed by atoms with Crippen molar-refractivity contribution < 1.29 is 13.2 Å². The van der Waals surface area contributed by atoms with Crippen molar-refractivity contribution in [2.45, 2.75) is 24.7 Å². The summed E-state index contributed by atoms with van der Waals surface area (Å²) in [5.74, 6) is 0.122. The number of carbonyl (C=O) groups excluding carboxylic acids is 1. The molecule has 0 spiro atoms. The fraction of sp³-hybridized carbons (Fsp3) is 0.333. The normalized spacial score (nSPS) is 17.3. The van der Waals surface area contributed by atoms with Crippen LogP contribution < -0.4 is 0 Å². The molecule has 5 nitrogen and oxygen atoms in total. The molecule has 0 aliphatic carbocycles. The minimum Gasteiger partial charge on any atom is -0.300 e. The van der Waals surface area contributed by atoms with Gasteiger partial charge in [-0.15, -0.1) is 0 Å². The Balaban J connectivity index is 2.11. The van der Waals surface area contributed by atoms with E-state index in [1.54, 1.807) is 30.5 Å². The molecule has 1 aromatic carbocycles. The number of carbonyl (C=O) groups is 1. The molecule has 0 amide bonds. The summed E-state index contributed by atoms with van der Waals surface area (Å²) >= 11 is 0. The SMILES string of the molecule is Cc1ccc(S(=O)(=O)N2CCC(=O)CC2)c2cccnc12. The molecule has 2 heterocycles. The number of hydrogen-bond acceptors (Lipinski definition) is 4. The summed E-state index contributed by atoms with van der Waals surface area (Å²) in [5.41, 5.74) is 1.64. The number of pyridine rings is 1. The number of ketones is 1. The average molecular weight is 304 g/mol. The lowest BCUT2D eigenvalue weighted by Crippen LogP contribution is -2.38. The number of nitrogens with zero attached hydrogens (tertiary/aromatic N) is 2. The van der Waals surface area contributed by atoms with Crippen molar-refractivity contribution in [3.8, 4) is 0 Å². The second kappa shape index (κ2) is 5.20. The van der Waals surface area contributed by atoms with Crippen LogP contribution in [0.5, 0.6) is 0 Å². The van der Waals surface area contributed by atoms with Crippen LogP contribution in [-0.2, 0) is 14.8 Å². The van der Waals surface area contributed by atoms with Crippen molar-refractivity contribution in [2.75, 3.05) is 13.1 Å². The molecule has 0 bridgehead atoms. The minimum absolute atomic E-state index is 0.122. The highest BCUT2D eigenvalue weighted by atomic mass is 32.2. The Morgan fingerprint density at radius 2 is 1.86 bits per heavy atom. The molecule has 1 aromatic heterocycles. The molecule has 0 N–H and O–H groups in total. The van der Waals surface area contributed by atoms with Gasteiger partial charge in [0.25, 0.3) is 0 Å². The first-order valence-corrected chi connectivity index (χ1v) is 8.30. The Labute approximate surface area is 123 Å². The molecule has 1 fully saturated rings. The van der Waals surface area contributed by atoms with Crippen LogP contribution in [0.3, 0.4) is 0 Å². The predicted octanol–water partition coefficient (Wildman–Crippen LogP) is 1.90. The number of sulfonamides is 1. The maximum atomic E-state index is 12.8. The van der Waals surface area contributed by atoms with Gasteiger partial charge in [-0.1, -0.05) is 6.07 Å². The van der Waals surface area contributed by atoms with E-state index in [0.717, 1.165) is 5.56 Å². The first-order chi connectivity index (χ1) is 10.00. The third-order valence-electron chi connectivity index (χ3n) is 3.83. The Kier molecular flexibility index (Phi) is 3.51. The molecule has 1 saturated heterocycles. The van der Waals surface area contributed by atoms with Crippen LogP contribution in [0.15, 0.2) is 35.4 Å². The molecule has 1 aliphatic heterocycles. The van der Waals surface area contributed by atoms with Gasteiger partial charge in [0.2, 0.25) is 10.0 Å². The van der Waals surface area contributed by atoms with Crippen LogP contribution in [0.4, 0.5) is 0 Å². The van der Waals surface area contributed by atoms with Gasteiger partial charge >= 0.3 is 0 Å². The minimum atomic E-state index is -3.59. The van der Waals surface area contributed by atoms with Crippen molar-refractivity contribution in [3.05, 3.63) is 36.0 Å². The lowest BCUT2D eigenvalue weighted by molar-refractivity contribution is -0.120. The number of benzene rings is 1. The van der Waals surface area contributed by atoms with Gasteiger partial charge in [0.1, 0.15) is 5.78 Å². The van der Waals surface area contributed by atoms with Gasteiger partial charge in [-0.3, -0.25) is 9.78 Å². The highest BCUT2D eigenvalue weighted by Gasteiger charge is 2.29. The lowest BCUT2D eigenvalue weighted by Gasteiger charge is -2.25. The Bertz CT molecular complexity index is 805.